The number of carboxylic acid groups (broad SMARTS) is 1. The van der Waals surface area contributed by atoms with E-state index < -0.39 is 5.97 Å². The van der Waals surface area contributed by atoms with E-state index in [9.17, 15) is 9.90 Å². The first kappa shape index (κ1) is 13.8. The van der Waals surface area contributed by atoms with Gasteiger partial charge >= 0.3 is 0 Å². The van der Waals surface area contributed by atoms with E-state index in [1.165, 1.54) is 12.8 Å². The molecule has 1 unspecified atom stereocenters. The zero-order valence-electron chi connectivity index (χ0n) is 10.7. The van der Waals surface area contributed by atoms with Gasteiger partial charge in [-0.2, -0.15) is 0 Å². The standard InChI is InChI=1S/C15H22O2/c1-3-5-6-9-12(4-2)13-10-7-8-11-14(13)15(16)17/h7-8,10-12H,3-6,9H2,1-2H3,(H,16,17)/p-1. The van der Waals surface area contributed by atoms with Crippen LogP contribution in [0.3, 0.4) is 0 Å². The molecular weight excluding hydrogens is 212 g/mol. The fourth-order valence-electron chi connectivity index (χ4n) is 2.26. The summed E-state index contributed by atoms with van der Waals surface area (Å²) in [6.07, 6.45) is 5.61. The zero-order chi connectivity index (χ0) is 12.7. The van der Waals surface area contributed by atoms with Crippen LogP contribution >= 0.6 is 0 Å². The van der Waals surface area contributed by atoms with Gasteiger partial charge in [-0.3, -0.25) is 0 Å². The second kappa shape index (κ2) is 7.10. The molecular formula is C15H21O2-. The molecule has 0 heterocycles. The molecule has 0 aliphatic rings. The monoisotopic (exact) mass is 233 g/mol. The fourth-order valence-corrected chi connectivity index (χ4v) is 2.26. The summed E-state index contributed by atoms with van der Waals surface area (Å²) in [5, 5.41) is 11.1. The van der Waals surface area contributed by atoms with Crippen LogP contribution in [0.5, 0.6) is 0 Å². The Morgan fingerprint density at radius 3 is 2.53 bits per heavy atom. The summed E-state index contributed by atoms with van der Waals surface area (Å²) in [6, 6.07) is 7.23. The van der Waals surface area contributed by atoms with Crippen molar-refractivity contribution < 1.29 is 9.90 Å². The number of hydrogen-bond donors (Lipinski definition) is 0. The van der Waals surface area contributed by atoms with E-state index in [2.05, 4.69) is 13.8 Å². The third-order valence-electron chi connectivity index (χ3n) is 3.27. The average molecular weight is 233 g/mol. The first-order valence-corrected chi connectivity index (χ1v) is 6.50. The molecule has 0 bridgehead atoms. The molecule has 1 aromatic carbocycles. The second-order valence-electron chi connectivity index (χ2n) is 4.48. The second-order valence-corrected chi connectivity index (χ2v) is 4.48. The van der Waals surface area contributed by atoms with Gasteiger partial charge in [-0.25, -0.2) is 0 Å². The molecule has 0 N–H and O–H groups in total. The lowest BCUT2D eigenvalue weighted by molar-refractivity contribution is -0.255. The van der Waals surface area contributed by atoms with Crippen molar-refractivity contribution in [3.05, 3.63) is 35.4 Å². The minimum Gasteiger partial charge on any atom is -0.545 e. The smallest absolute Gasteiger partial charge is 0.0718 e. The third kappa shape index (κ3) is 3.88. The summed E-state index contributed by atoms with van der Waals surface area (Å²) in [5.41, 5.74) is 1.29. The largest absolute Gasteiger partial charge is 0.545 e. The number of hydrogen-bond acceptors (Lipinski definition) is 2. The summed E-state index contributed by atoms with van der Waals surface area (Å²) < 4.78 is 0. The van der Waals surface area contributed by atoms with Crippen molar-refractivity contribution in [3.8, 4) is 0 Å². The molecule has 0 radical (unpaired) electrons. The highest BCUT2D eigenvalue weighted by molar-refractivity contribution is 5.87. The lowest BCUT2D eigenvalue weighted by Gasteiger charge is -2.19. The van der Waals surface area contributed by atoms with Gasteiger partial charge in [0.05, 0.1) is 5.97 Å². The number of rotatable bonds is 7. The van der Waals surface area contributed by atoms with Crippen LogP contribution in [-0.4, -0.2) is 5.97 Å². The maximum Gasteiger partial charge on any atom is 0.0718 e. The first-order valence-electron chi connectivity index (χ1n) is 6.50. The van der Waals surface area contributed by atoms with Gasteiger partial charge in [-0.1, -0.05) is 57.4 Å². The maximum atomic E-state index is 11.1. The Kier molecular flexibility index (Phi) is 5.75. The van der Waals surface area contributed by atoms with Gasteiger partial charge in [-0.05, 0) is 24.3 Å². The van der Waals surface area contributed by atoms with Crippen LogP contribution in [-0.2, 0) is 0 Å². The van der Waals surface area contributed by atoms with E-state index in [1.54, 1.807) is 12.1 Å². The molecule has 94 valence electrons. The predicted molar refractivity (Wildman–Crippen MR) is 67.9 cm³/mol. The Labute approximate surface area is 104 Å². The summed E-state index contributed by atoms with van der Waals surface area (Å²) in [5.74, 6) is -0.717. The summed E-state index contributed by atoms with van der Waals surface area (Å²) >= 11 is 0. The van der Waals surface area contributed by atoms with Crippen molar-refractivity contribution in [1.82, 2.24) is 0 Å². The van der Waals surface area contributed by atoms with Crippen molar-refractivity contribution in [2.75, 3.05) is 0 Å². The summed E-state index contributed by atoms with van der Waals surface area (Å²) in [7, 11) is 0. The van der Waals surface area contributed by atoms with Gasteiger partial charge < -0.3 is 9.90 Å². The fraction of sp³-hybridized carbons (Fsp3) is 0.533. The van der Waals surface area contributed by atoms with Gasteiger partial charge in [0.25, 0.3) is 0 Å². The van der Waals surface area contributed by atoms with Gasteiger partial charge in [0.1, 0.15) is 0 Å². The molecule has 0 aliphatic heterocycles. The minimum absolute atomic E-state index is 0.343. The molecule has 2 nitrogen and oxygen atoms in total. The van der Waals surface area contributed by atoms with Gasteiger partial charge in [0, 0.05) is 5.56 Å². The first-order chi connectivity index (χ1) is 8.20. The van der Waals surface area contributed by atoms with E-state index in [-0.39, 0.29) is 0 Å². The van der Waals surface area contributed by atoms with Crippen LogP contribution in [0, 0.1) is 0 Å². The number of carbonyl (C=O) groups excluding carboxylic acids is 1. The molecule has 0 saturated carbocycles. The Morgan fingerprint density at radius 1 is 1.24 bits per heavy atom. The van der Waals surface area contributed by atoms with Crippen LogP contribution in [0.1, 0.15) is 67.8 Å². The Morgan fingerprint density at radius 2 is 1.94 bits per heavy atom. The molecule has 0 amide bonds. The number of benzene rings is 1. The summed E-state index contributed by atoms with van der Waals surface area (Å²) in [4.78, 5) is 11.1. The van der Waals surface area contributed by atoms with Crippen molar-refractivity contribution in [2.24, 2.45) is 0 Å². The minimum atomic E-state index is -1.06. The lowest BCUT2D eigenvalue weighted by atomic mass is 9.88. The molecule has 1 atom stereocenters. The Balaban J connectivity index is 2.83. The van der Waals surface area contributed by atoms with Gasteiger partial charge in [0.15, 0.2) is 0 Å². The number of unbranched alkanes of at least 4 members (excludes halogenated alkanes) is 2. The highest BCUT2D eigenvalue weighted by Crippen LogP contribution is 2.28. The van der Waals surface area contributed by atoms with Crippen molar-refractivity contribution in [3.63, 3.8) is 0 Å². The molecule has 0 saturated heterocycles. The van der Waals surface area contributed by atoms with Crippen molar-refractivity contribution in [2.45, 2.75) is 51.9 Å². The maximum absolute atomic E-state index is 11.1. The van der Waals surface area contributed by atoms with Crippen LogP contribution in [0.15, 0.2) is 24.3 Å². The zero-order valence-corrected chi connectivity index (χ0v) is 10.7. The highest BCUT2D eigenvalue weighted by Gasteiger charge is 2.13. The van der Waals surface area contributed by atoms with Crippen molar-refractivity contribution in [1.29, 1.82) is 0 Å². The predicted octanol–water partition coefficient (Wildman–Crippen LogP) is 3.12. The molecule has 0 spiro atoms. The molecule has 0 aliphatic carbocycles. The normalized spacial score (nSPS) is 12.4. The third-order valence-corrected chi connectivity index (χ3v) is 3.27. The molecule has 1 rings (SSSR count). The quantitative estimate of drug-likeness (QED) is 0.679. The van der Waals surface area contributed by atoms with E-state index >= 15 is 0 Å². The molecule has 2 heteroatoms. The van der Waals surface area contributed by atoms with Gasteiger partial charge in [0.2, 0.25) is 0 Å². The average Bonchev–Trinajstić information content (AvgIpc) is 2.35. The van der Waals surface area contributed by atoms with Crippen LogP contribution in [0.25, 0.3) is 0 Å². The van der Waals surface area contributed by atoms with Crippen LogP contribution < -0.4 is 5.11 Å². The topological polar surface area (TPSA) is 40.1 Å². The lowest BCUT2D eigenvalue weighted by Crippen LogP contribution is -2.24. The molecule has 0 aromatic heterocycles. The van der Waals surface area contributed by atoms with Crippen LogP contribution in [0.4, 0.5) is 0 Å². The van der Waals surface area contributed by atoms with E-state index in [1.807, 2.05) is 12.1 Å². The summed E-state index contributed by atoms with van der Waals surface area (Å²) in [6.45, 7) is 4.29. The Hall–Kier alpha value is -1.31. The Bertz CT molecular complexity index is 358. The van der Waals surface area contributed by atoms with E-state index in [0.717, 1.165) is 24.8 Å². The van der Waals surface area contributed by atoms with Crippen molar-refractivity contribution >= 4 is 5.97 Å². The van der Waals surface area contributed by atoms with E-state index in [4.69, 9.17) is 0 Å². The SMILES string of the molecule is CCCCCC(CC)c1ccccc1C(=O)[O-]. The van der Waals surface area contributed by atoms with E-state index in [0.29, 0.717) is 11.5 Å². The van der Waals surface area contributed by atoms with Gasteiger partial charge in [-0.15, -0.1) is 0 Å². The number of aromatic carboxylic acids is 1. The van der Waals surface area contributed by atoms with Crippen LogP contribution in [0.2, 0.25) is 0 Å². The highest BCUT2D eigenvalue weighted by atomic mass is 16.4. The number of carboxylic acids is 1. The number of carbonyl (C=O) groups is 1. The molecule has 17 heavy (non-hydrogen) atoms. The molecule has 0 fully saturated rings. The molecule has 1 aromatic rings.